The summed E-state index contributed by atoms with van der Waals surface area (Å²) in [5.74, 6) is 0.177. The smallest absolute Gasteiger partial charge is 0.412 e. The summed E-state index contributed by atoms with van der Waals surface area (Å²) in [6.45, 7) is 7.03. The van der Waals surface area contributed by atoms with E-state index in [2.05, 4.69) is 5.32 Å². The molecule has 1 aromatic rings. The lowest BCUT2D eigenvalue weighted by Gasteiger charge is -2.19. The van der Waals surface area contributed by atoms with E-state index in [1.165, 1.54) is 0 Å². The number of hydrogen-bond acceptors (Lipinski definition) is 3. The fourth-order valence-electron chi connectivity index (χ4n) is 1.50. The van der Waals surface area contributed by atoms with E-state index in [0.29, 0.717) is 12.1 Å². The number of aryl methyl sites for hydroxylation is 1. The standard InChI is InChI=1S/C15H21NO3/c1-11(17)5-6-12-7-9-13(10-8-12)16-14(18)19-15(2,3)4/h7-10H,5-6H2,1-4H3,(H,16,18). The van der Waals surface area contributed by atoms with Gasteiger partial charge in [0, 0.05) is 12.1 Å². The van der Waals surface area contributed by atoms with Crippen LogP contribution in [0.2, 0.25) is 0 Å². The number of anilines is 1. The molecule has 19 heavy (non-hydrogen) atoms. The molecule has 0 radical (unpaired) electrons. The molecule has 0 atom stereocenters. The highest BCUT2D eigenvalue weighted by Crippen LogP contribution is 2.13. The summed E-state index contributed by atoms with van der Waals surface area (Å²) >= 11 is 0. The van der Waals surface area contributed by atoms with Crippen molar-refractivity contribution in [2.24, 2.45) is 0 Å². The second-order valence-electron chi connectivity index (χ2n) is 5.53. The van der Waals surface area contributed by atoms with Gasteiger partial charge in [0.1, 0.15) is 11.4 Å². The van der Waals surface area contributed by atoms with Gasteiger partial charge in [-0.15, -0.1) is 0 Å². The van der Waals surface area contributed by atoms with Crippen LogP contribution in [-0.4, -0.2) is 17.5 Å². The molecule has 0 saturated carbocycles. The molecule has 0 heterocycles. The quantitative estimate of drug-likeness (QED) is 0.903. The Bertz CT molecular complexity index is 443. The van der Waals surface area contributed by atoms with Crippen LogP contribution in [0, 0.1) is 0 Å². The number of benzene rings is 1. The fraction of sp³-hybridized carbons (Fsp3) is 0.467. The van der Waals surface area contributed by atoms with Crippen molar-refractivity contribution >= 4 is 17.6 Å². The van der Waals surface area contributed by atoms with Crippen LogP contribution in [0.3, 0.4) is 0 Å². The minimum atomic E-state index is -0.508. The Balaban J connectivity index is 2.52. The molecule has 0 bridgehead atoms. The van der Waals surface area contributed by atoms with Crippen LogP contribution < -0.4 is 5.32 Å². The highest BCUT2D eigenvalue weighted by atomic mass is 16.6. The van der Waals surface area contributed by atoms with E-state index in [4.69, 9.17) is 4.74 Å². The Hall–Kier alpha value is -1.84. The molecular formula is C15H21NO3. The van der Waals surface area contributed by atoms with Crippen LogP contribution in [0.25, 0.3) is 0 Å². The van der Waals surface area contributed by atoms with Crippen molar-refractivity contribution < 1.29 is 14.3 Å². The maximum Gasteiger partial charge on any atom is 0.412 e. The van der Waals surface area contributed by atoms with Gasteiger partial charge in [0.15, 0.2) is 0 Å². The molecule has 4 heteroatoms. The lowest BCUT2D eigenvalue weighted by Crippen LogP contribution is -2.27. The lowest BCUT2D eigenvalue weighted by molar-refractivity contribution is -0.116. The Kier molecular flexibility index (Phi) is 5.10. The summed E-state index contributed by atoms with van der Waals surface area (Å²) in [5, 5.41) is 2.66. The molecule has 4 nitrogen and oxygen atoms in total. The third-order valence-electron chi connectivity index (χ3n) is 2.36. The van der Waals surface area contributed by atoms with Crippen molar-refractivity contribution in [2.75, 3.05) is 5.32 Å². The second kappa shape index (κ2) is 6.36. The SMILES string of the molecule is CC(=O)CCc1ccc(NC(=O)OC(C)(C)C)cc1. The zero-order chi connectivity index (χ0) is 14.5. The molecule has 0 aliphatic heterocycles. The van der Waals surface area contributed by atoms with Crippen LogP contribution in [0.1, 0.15) is 39.7 Å². The molecule has 0 aromatic heterocycles. The molecule has 0 fully saturated rings. The number of rotatable bonds is 4. The van der Waals surface area contributed by atoms with Crippen molar-refractivity contribution in [3.8, 4) is 0 Å². The highest BCUT2D eigenvalue weighted by molar-refractivity contribution is 5.84. The van der Waals surface area contributed by atoms with Crippen molar-refractivity contribution in [3.05, 3.63) is 29.8 Å². The highest BCUT2D eigenvalue weighted by Gasteiger charge is 2.15. The number of nitrogens with one attached hydrogen (secondary N) is 1. The third kappa shape index (κ3) is 6.60. The van der Waals surface area contributed by atoms with Gasteiger partial charge in [-0.25, -0.2) is 4.79 Å². The van der Waals surface area contributed by atoms with Crippen molar-refractivity contribution in [2.45, 2.75) is 46.1 Å². The normalized spacial score (nSPS) is 10.9. The monoisotopic (exact) mass is 263 g/mol. The summed E-state index contributed by atoms with van der Waals surface area (Å²) in [6.07, 6.45) is 0.796. The lowest BCUT2D eigenvalue weighted by atomic mass is 10.1. The molecule has 1 rings (SSSR count). The molecule has 1 aromatic carbocycles. The first-order valence-corrected chi connectivity index (χ1v) is 6.34. The first-order valence-electron chi connectivity index (χ1n) is 6.34. The third-order valence-corrected chi connectivity index (χ3v) is 2.36. The van der Waals surface area contributed by atoms with Gasteiger partial charge < -0.3 is 9.53 Å². The Morgan fingerprint density at radius 1 is 1.16 bits per heavy atom. The number of ketones is 1. The van der Waals surface area contributed by atoms with Crippen molar-refractivity contribution in [3.63, 3.8) is 0 Å². The van der Waals surface area contributed by atoms with Gasteiger partial charge in [-0.1, -0.05) is 12.1 Å². The van der Waals surface area contributed by atoms with Crippen molar-refractivity contribution in [1.29, 1.82) is 0 Å². The van der Waals surface area contributed by atoms with E-state index in [9.17, 15) is 9.59 Å². The summed E-state index contributed by atoms with van der Waals surface area (Å²) in [6, 6.07) is 7.41. The average molecular weight is 263 g/mol. The predicted octanol–water partition coefficient (Wildman–Crippen LogP) is 3.56. The van der Waals surface area contributed by atoms with Crippen LogP contribution in [-0.2, 0) is 16.0 Å². The topological polar surface area (TPSA) is 55.4 Å². The van der Waals surface area contributed by atoms with Crippen LogP contribution >= 0.6 is 0 Å². The van der Waals surface area contributed by atoms with Crippen LogP contribution in [0.4, 0.5) is 10.5 Å². The van der Waals surface area contributed by atoms with Gasteiger partial charge in [-0.2, -0.15) is 0 Å². The molecule has 0 aliphatic carbocycles. The number of carbonyl (C=O) groups is 2. The van der Waals surface area contributed by atoms with Crippen LogP contribution in [0.15, 0.2) is 24.3 Å². The van der Waals surface area contributed by atoms with E-state index in [0.717, 1.165) is 12.0 Å². The van der Waals surface area contributed by atoms with E-state index < -0.39 is 11.7 Å². The summed E-state index contributed by atoms with van der Waals surface area (Å²) in [7, 11) is 0. The molecule has 0 spiro atoms. The molecule has 1 amide bonds. The zero-order valence-electron chi connectivity index (χ0n) is 11.9. The Morgan fingerprint density at radius 2 is 1.74 bits per heavy atom. The maximum absolute atomic E-state index is 11.6. The minimum Gasteiger partial charge on any atom is -0.444 e. The summed E-state index contributed by atoms with van der Waals surface area (Å²) < 4.78 is 5.16. The molecule has 104 valence electrons. The largest absolute Gasteiger partial charge is 0.444 e. The number of ether oxygens (including phenoxy) is 1. The first kappa shape index (κ1) is 15.2. The van der Waals surface area contributed by atoms with Gasteiger partial charge >= 0.3 is 6.09 Å². The van der Waals surface area contributed by atoms with Gasteiger partial charge in [0.2, 0.25) is 0 Å². The van der Waals surface area contributed by atoms with E-state index in [1.807, 2.05) is 32.9 Å². The Morgan fingerprint density at radius 3 is 2.21 bits per heavy atom. The van der Waals surface area contributed by atoms with E-state index >= 15 is 0 Å². The van der Waals surface area contributed by atoms with E-state index in [1.54, 1.807) is 19.1 Å². The number of amides is 1. The molecule has 1 N–H and O–H groups in total. The van der Waals surface area contributed by atoms with E-state index in [-0.39, 0.29) is 5.78 Å². The van der Waals surface area contributed by atoms with Crippen molar-refractivity contribution in [1.82, 2.24) is 0 Å². The summed E-state index contributed by atoms with van der Waals surface area (Å²) in [5.41, 5.74) is 1.25. The fourth-order valence-corrected chi connectivity index (χ4v) is 1.50. The average Bonchev–Trinajstić information content (AvgIpc) is 2.25. The maximum atomic E-state index is 11.6. The molecular weight excluding hydrogens is 242 g/mol. The number of carbonyl (C=O) groups excluding carboxylic acids is 2. The van der Waals surface area contributed by atoms with Gasteiger partial charge in [-0.05, 0) is 51.8 Å². The predicted molar refractivity (Wildman–Crippen MR) is 75.3 cm³/mol. The summed E-state index contributed by atoms with van der Waals surface area (Å²) in [4.78, 5) is 22.4. The first-order chi connectivity index (χ1) is 8.76. The Labute approximate surface area is 114 Å². The van der Waals surface area contributed by atoms with Gasteiger partial charge in [0.05, 0.1) is 0 Å². The second-order valence-corrected chi connectivity index (χ2v) is 5.53. The number of Topliss-reactive ketones (excluding diaryl/α,β-unsaturated/α-hetero) is 1. The van der Waals surface area contributed by atoms with Gasteiger partial charge in [0.25, 0.3) is 0 Å². The zero-order valence-corrected chi connectivity index (χ0v) is 11.9. The number of hydrogen-bond donors (Lipinski definition) is 1. The molecule has 0 saturated heterocycles. The van der Waals surface area contributed by atoms with Crippen LogP contribution in [0.5, 0.6) is 0 Å². The minimum absolute atomic E-state index is 0.177. The van der Waals surface area contributed by atoms with Gasteiger partial charge in [-0.3, -0.25) is 5.32 Å². The molecule has 0 aliphatic rings. The molecule has 0 unspecified atom stereocenters.